The quantitative estimate of drug-likeness (QED) is 0.0581. The van der Waals surface area contributed by atoms with Gasteiger partial charge in [0.25, 0.3) is 0 Å². The van der Waals surface area contributed by atoms with Crippen LogP contribution in [-0.2, 0) is 104 Å². The van der Waals surface area contributed by atoms with E-state index in [1.807, 2.05) is 91.6 Å². The molecule has 3 aliphatic rings. The van der Waals surface area contributed by atoms with Crippen LogP contribution in [0.25, 0.3) is 0 Å². The molecule has 43 heteroatoms. The molecule has 844 valence electrons. The maximum Gasteiger partial charge on any atom is 0.225 e. The standard InChI is InChI=1S/C9H12O2S.2C8H17NO3S.C8H11NO2S.C8H17NO.C8H11N.C7H15NO2S.C7H17NO2S.C6H15NO2S.C5H13NO2S.C4H11NO2S.C4H10O2S.C2H6.11CH4/c1-8(2)12(10,11)9-6-4-3-5-7-9;2*1-7(2)13(11,12)9-5-3-4-8(9)6-10;1-7(2)12(10,11)8-5-3-4-6-9-8;1-5-9(6-2)8(10)7(3)4;1-7(2)8-5-3-4-6-9-8;1-6(2)11(9,10)8(3)7-4-5-7;1-5-8(6-2)11(9,10)7(3)4;1-5-7(4)10(8,9)6(2)3;1-5(2)9(7,8)6(3)4;1-4(2)8(6,7)5-3;1-4(2)7(3,5)6;1-2;;;;;;;;;;;/h3-8H,1-2H3;2*7-8,10H,3-6H2,1-2H3;3-7H,1-2H3;7H,5-6H2,1-4H3;3-7H,1-2H3;6-7H,4-5H2,1-3H3;7H,5-6H2,1-4H3;6H,5H2,1-4H3;5H,1-4H3;4-5H,1-3H3;4H,1-3H3;1-2H3;11*1H4/t;2*8-;;;;;;;;;;;;;;;;;;;;;/m.10...................../s1. The molecule has 0 unspecified atom stereocenters. The van der Waals surface area contributed by atoms with E-state index in [4.69, 9.17) is 10.2 Å². The largest absolute Gasteiger partial charge is 0.395 e. The molecule has 138 heavy (non-hydrogen) atoms. The van der Waals surface area contributed by atoms with E-state index in [1.54, 1.807) is 195 Å². The summed E-state index contributed by atoms with van der Waals surface area (Å²) >= 11 is 0. The van der Waals surface area contributed by atoms with Gasteiger partial charge in [0.2, 0.25) is 76.1 Å². The Hall–Kier alpha value is -3.87. The predicted octanol–water partition coefficient (Wildman–Crippen LogP) is 18.5. The first kappa shape index (κ1) is 176. The molecule has 1 aliphatic carbocycles. The summed E-state index contributed by atoms with van der Waals surface area (Å²) in [6, 6.07) is 19.3. The maximum atomic E-state index is 11.7. The molecule has 2 atom stereocenters. The number of aliphatic hydroxyl groups excluding tert-OH is 2. The van der Waals surface area contributed by atoms with Crippen LogP contribution in [0.5, 0.6) is 0 Å². The first-order valence-corrected chi connectivity index (χ1v) is 59.1. The summed E-state index contributed by atoms with van der Waals surface area (Å²) in [6.07, 6.45) is 9.88. The molecular formula is C95H216N10O23S10. The van der Waals surface area contributed by atoms with Crippen LogP contribution < -0.4 is 4.72 Å². The van der Waals surface area contributed by atoms with Gasteiger partial charge in [-0.3, -0.25) is 9.78 Å². The van der Waals surface area contributed by atoms with Gasteiger partial charge in [-0.25, -0.2) is 111 Å². The molecule has 1 aromatic carbocycles. The molecule has 3 fully saturated rings. The lowest BCUT2D eigenvalue weighted by molar-refractivity contribution is -0.134. The van der Waals surface area contributed by atoms with E-state index in [0.29, 0.717) is 49.6 Å². The summed E-state index contributed by atoms with van der Waals surface area (Å²) in [7, 11) is -22.5. The van der Waals surface area contributed by atoms with Gasteiger partial charge in [-0.2, -0.15) is 8.61 Å². The third kappa shape index (κ3) is 67.0. The second-order valence-electron chi connectivity index (χ2n) is 32.7. The van der Waals surface area contributed by atoms with E-state index in [1.165, 1.54) is 65.5 Å². The zero-order chi connectivity index (χ0) is 102. The van der Waals surface area contributed by atoms with E-state index < -0.39 is 105 Å². The molecule has 0 bridgehead atoms. The average molecular weight is 2190 g/mol. The van der Waals surface area contributed by atoms with Crippen molar-refractivity contribution in [3.63, 3.8) is 0 Å². The number of benzene rings is 1. The number of sulfone groups is 3. The number of pyridine rings is 2. The van der Waals surface area contributed by atoms with E-state index in [2.05, 4.69) is 28.5 Å². The molecule has 3 aromatic rings. The number of aliphatic hydroxyl groups is 2. The van der Waals surface area contributed by atoms with E-state index >= 15 is 0 Å². The lowest BCUT2D eigenvalue weighted by Crippen LogP contribution is -2.41. The SMILES string of the molecule is C.C.C.C.C.C.C.C.C.C.C.CC.CC(C)S(=O)(=O)N(C)C.CC(C)S(=O)(=O)N(C)C1CC1.CC(C)S(=O)(=O)N1CCC[C@@H]1CO.CC(C)S(=O)(=O)N1CCC[C@H]1CO.CC(C)S(=O)(=O)c1ccccc1.CC(C)S(=O)(=O)c1ccccn1.CC(C)S(C)(=O)=O.CC(C)c1ccccn1.CCN(C)S(=O)(=O)C(C)C.CCN(CC)C(=O)C(C)C.CCN(CC)S(=O)(=O)C(C)C.CNS(=O)(=O)C(C)C. The summed E-state index contributed by atoms with van der Waals surface area (Å²) in [5.74, 6) is 0.941. The zero-order valence-electron chi connectivity index (χ0n) is 83.8. The Balaban J connectivity index is -0.0000000707. The van der Waals surface area contributed by atoms with E-state index in [-0.39, 0.29) is 171 Å². The summed E-state index contributed by atoms with van der Waals surface area (Å²) in [5, 5.41) is 14.8. The van der Waals surface area contributed by atoms with Crippen molar-refractivity contribution < 1.29 is 99.2 Å². The van der Waals surface area contributed by atoms with Gasteiger partial charge >= 0.3 is 0 Å². The minimum Gasteiger partial charge on any atom is -0.395 e. The number of nitrogens with one attached hydrogen (secondary N) is 1. The highest BCUT2D eigenvalue weighted by atomic mass is 32.2. The van der Waals surface area contributed by atoms with Gasteiger partial charge in [-0.1, -0.05) is 174 Å². The van der Waals surface area contributed by atoms with Crippen molar-refractivity contribution in [2.75, 3.05) is 101 Å². The summed E-state index contributed by atoms with van der Waals surface area (Å²) in [4.78, 5) is 21.4. The van der Waals surface area contributed by atoms with Gasteiger partial charge in [0.15, 0.2) is 24.7 Å². The molecular weight excluding hydrogens is 1970 g/mol. The summed E-state index contributed by atoms with van der Waals surface area (Å²) in [5.41, 5.74) is 1.16. The smallest absolute Gasteiger partial charge is 0.225 e. The Bertz CT molecular complexity index is 4450. The molecule has 0 spiro atoms. The van der Waals surface area contributed by atoms with Gasteiger partial charge in [-0.05, 0) is 240 Å². The second kappa shape index (κ2) is 85.2. The molecule has 0 radical (unpaired) electrons. The van der Waals surface area contributed by atoms with Gasteiger partial charge in [0.05, 0.1) is 70.6 Å². The number of hydrogen-bond donors (Lipinski definition) is 3. The van der Waals surface area contributed by atoms with Crippen molar-refractivity contribution in [2.24, 2.45) is 5.92 Å². The number of hydrogen-bond acceptors (Lipinski definition) is 25. The van der Waals surface area contributed by atoms with Crippen molar-refractivity contribution >= 4 is 106 Å². The summed E-state index contributed by atoms with van der Waals surface area (Å²) < 4.78 is 235. The van der Waals surface area contributed by atoms with Crippen LogP contribution in [0.3, 0.4) is 0 Å². The highest BCUT2D eigenvalue weighted by Gasteiger charge is 2.38. The van der Waals surface area contributed by atoms with Gasteiger partial charge in [0, 0.05) is 122 Å². The first-order chi connectivity index (χ1) is 57.7. The molecule has 2 saturated heterocycles. The van der Waals surface area contributed by atoms with Crippen LogP contribution in [-0.4, -0.2) is 312 Å². The normalized spacial score (nSPS) is 14.1. The highest BCUT2D eigenvalue weighted by molar-refractivity contribution is 7.93. The lowest BCUT2D eigenvalue weighted by Gasteiger charge is -2.24. The minimum absolute atomic E-state index is 0. The topological polar surface area (TPSA) is 459 Å². The number of sulfonamides is 7. The lowest BCUT2D eigenvalue weighted by atomic mass is 10.1. The Morgan fingerprint density at radius 3 is 0.899 bits per heavy atom. The van der Waals surface area contributed by atoms with Crippen LogP contribution in [0.1, 0.15) is 346 Å². The summed E-state index contributed by atoms with van der Waals surface area (Å²) in [6.45, 7) is 59.4. The Kier molecular flexibility index (Phi) is 109. The number of carbonyl (C=O) groups is 1. The Labute approximate surface area is 856 Å². The fourth-order valence-corrected chi connectivity index (χ4v) is 19.6. The van der Waals surface area contributed by atoms with Crippen molar-refractivity contribution in [1.29, 1.82) is 0 Å². The second-order valence-corrected chi connectivity index (χ2v) is 57.9. The number of amides is 1. The third-order valence-electron chi connectivity index (χ3n) is 19.1. The molecule has 4 heterocycles. The number of aromatic nitrogens is 2. The fourth-order valence-electron chi connectivity index (χ4n) is 9.51. The molecule has 3 N–H and O–H groups in total. The number of rotatable bonds is 29. The van der Waals surface area contributed by atoms with Crippen molar-refractivity contribution in [1.82, 2.24) is 45.4 Å². The molecule has 6 rings (SSSR count). The van der Waals surface area contributed by atoms with Gasteiger partial charge in [-0.15, -0.1) is 0 Å². The molecule has 2 aromatic heterocycles. The zero-order valence-corrected chi connectivity index (χ0v) is 92.0. The molecule has 1 saturated carbocycles. The third-order valence-corrected chi connectivity index (χ3v) is 40.7. The monoisotopic (exact) mass is 2190 g/mol. The number of carbonyl (C=O) groups excluding carboxylic acids is 1. The first-order valence-electron chi connectivity index (χ1n) is 43.5. The highest BCUT2D eigenvalue weighted by Crippen LogP contribution is 2.29. The van der Waals surface area contributed by atoms with Crippen molar-refractivity contribution in [2.45, 2.75) is 421 Å². The van der Waals surface area contributed by atoms with Crippen molar-refractivity contribution in [3.8, 4) is 0 Å². The van der Waals surface area contributed by atoms with Crippen LogP contribution in [0, 0.1) is 5.92 Å². The maximum absolute atomic E-state index is 11.7. The molecule has 33 nitrogen and oxygen atoms in total. The van der Waals surface area contributed by atoms with Crippen LogP contribution in [0.15, 0.2) is 89.0 Å². The Morgan fingerprint density at radius 1 is 0.399 bits per heavy atom. The fraction of sp³-hybridized carbons (Fsp3) is 0.821. The van der Waals surface area contributed by atoms with Gasteiger partial charge in [0.1, 0.15) is 9.84 Å². The predicted molar refractivity (Wildman–Crippen MR) is 599 cm³/mol. The van der Waals surface area contributed by atoms with E-state index in [0.717, 1.165) is 57.3 Å². The van der Waals surface area contributed by atoms with Gasteiger partial charge < -0.3 is 15.1 Å². The van der Waals surface area contributed by atoms with E-state index in [9.17, 15) is 89.0 Å². The molecule has 2 aliphatic heterocycles. The number of nitrogens with zero attached hydrogens (tertiary/aromatic N) is 9. The van der Waals surface area contributed by atoms with Crippen LogP contribution in [0.4, 0.5) is 0 Å². The average Bonchev–Trinajstić information content (AvgIpc) is 1.69. The minimum atomic E-state index is -3.19. The van der Waals surface area contributed by atoms with Crippen LogP contribution >= 0.6 is 0 Å². The van der Waals surface area contributed by atoms with Crippen molar-refractivity contribution in [3.05, 3.63) is 84.8 Å². The Morgan fingerprint density at radius 2 is 0.725 bits per heavy atom. The van der Waals surface area contributed by atoms with Crippen LogP contribution in [0.2, 0.25) is 0 Å². The molecule has 1 amide bonds.